The average molecular weight is 550 g/mol. The molecule has 204 valence electrons. The molecule has 1 heterocycles. The number of benzene rings is 1. The molecule has 0 spiro atoms. The number of allylic oxidation sites excluding steroid dienone is 2. The van der Waals surface area contributed by atoms with Crippen LogP contribution >= 0.6 is 11.3 Å². The van der Waals surface area contributed by atoms with Gasteiger partial charge in [0.25, 0.3) is 6.54 Å². The highest BCUT2D eigenvalue weighted by Gasteiger charge is 2.33. The van der Waals surface area contributed by atoms with E-state index in [1.165, 1.54) is 11.3 Å². The van der Waals surface area contributed by atoms with Crippen molar-refractivity contribution in [1.82, 2.24) is 10.2 Å². The number of nitrogens with zero attached hydrogens (tertiary/aromatic N) is 4. The number of aromatic nitrogens is 2. The Balaban J connectivity index is 1.60. The van der Waals surface area contributed by atoms with Gasteiger partial charge in [0.05, 0.1) is 29.8 Å². The van der Waals surface area contributed by atoms with Gasteiger partial charge in [0, 0.05) is 11.1 Å². The minimum atomic E-state index is -1.11. The molecule has 1 aromatic heterocycles. The molecule has 2 aliphatic carbocycles. The quantitative estimate of drug-likeness (QED) is 0.361. The summed E-state index contributed by atoms with van der Waals surface area (Å²) in [6.07, 6.45) is 6.70. The lowest BCUT2D eigenvalue weighted by Crippen LogP contribution is -2.35. The number of carbonyl (C=O) groups excluding carboxylic acids is 1. The molecule has 0 aliphatic heterocycles. The second-order valence-corrected chi connectivity index (χ2v) is 11.8. The maximum atomic E-state index is 12.7. The Kier molecular flexibility index (Phi) is 8.42. The highest BCUT2D eigenvalue weighted by Crippen LogP contribution is 2.40. The van der Waals surface area contributed by atoms with Crippen molar-refractivity contribution in [1.29, 1.82) is 5.26 Å². The molecule has 10 heteroatoms. The number of hydrogen-bond donors (Lipinski definition) is 1. The van der Waals surface area contributed by atoms with Crippen LogP contribution in [0, 0.1) is 11.3 Å². The van der Waals surface area contributed by atoms with Crippen molar-refractivity contribution in [2.45, 2.75) is 77.6 Å². The predicted molar refractivity (Wildman–Crippen MR) is 148 cm³/mol. The molecule has 1 aromatic carbocycles. The standard InChI is InChI=1S/C29H32N4O5S/c1-17(2)37-24-12-10-18(13-20(24)14-30)26-31-32-27(39-26)23-8-6-7-21-19(9-11-22(21)23)15-33(16-25(34)35)28(36)38-29(3,4)5/h6-8,10,13,15,17,19,24H,9,11-12,16H2,1-5H3/p+1. The molecule has 1 N–H and O–H groups in total. The van der Waals surface area contributed by atoms with Crippen LogP contribution in [0.3, 0.4) is 0 Å². The molecule has 0 fully saturated rings. The molecule has 1 amide bonds. The van der Waals surface area contributed by atoms with Gasteiger partial charge in [-0.3, -0.25) is 0 Å². The molecule has 9 nitrogen and oxygen atoms in total. The Morgan fingerprint density at radius 1 is 1.28 bits per heavy atom. The smallest absolute Gasteiger partial charge is 0.477 e. The van der Waals surface area contributed by atoms with E-state index in [1.54, 1.807) is 27.0 Å². The first-order valence-corrected chi connectivity index (χ1v) is 13.8. The van der Waals surface area contributed by atoms with Gasteiger partial charge in [0.15, 0.2) is 6.21 Å². The summed E-state index contributed by atoms with van der Waals surface area (Å²) in [7, 11) is 0. The summed E-state index contributed by atoms with van der Waals surface area (Å²) < 4.78 is 12.4. The minimum absolute atomic E-state index is 0.0245. The molecular formula is C29H33N4O5S+. The van der Waals surface area contributed by atoms with Crippen LogP contribution in [0.2, 0.25) is 0 Å². The van der Waals surface area contributed by atoms with Crippen LogP contribution < -0.4 is 0 Å². The molecule has 2 aliphatic rings. The summed E-state index contributed by atoms with van der Waals surface area (Å²) in [6, 6.07) is 8.21. The van der Waals surface area contributed by atoms with E-state index in [2.05, 4.69) is 16.3 Å². The number of nitriles is 1. The number of carboxylic acids is 1. The molecule has 2 atom stereocenters. The number of carboxylic acid groups (broad SMARTS) is 1. The minimum Gasteiger partial charge on any atom is -0.477 e. The number of fused-ring (bicyclic) bond motifs is 1. The van der Waals surface area contributed by atoms with Crippen molar-refractivity contribution >= 4 is 35.2 Å². The zero-order valence-corrected chi connectivity index (χ0v) is 23.6. The van der Waals surface area contributed by atoms with Crippen molar-refractivity contribution in [2.24, 2.45) is 0 Å². The van der Waals surface area contributed by atoms with E-state index in [0.29, 0.717) is 12.0 Å². The third kappa shape index (κ3) is 6.85. The van der Waals surface area contributed by atoms with Gasteiger partial charge in [-0.15, -0.1) is 14.8 Å². The molecular weight excluding hydrogens is 516 g/mol. The van der Waals surface area contributed by atoms with Gasteiger partial charge in [0.2, 0.25) is 0 Å². The lowest BCUT2D eigenvalue weighted by Gasteiger charge is -2.21. The van der Waals surface area contributed by atoms with Crippen LogP contribution in [0.15, 0.2) is 35.9 Å². The van der Waals surface area contributed by atoms with Crippen LogP contribution in [-0.4, -0.2) is 62.5 Å². The van der Waals surface area contributed by atoms with Crippen molar-refractivity contribution in [2.75, 3.05) is 6.54 Å². The van der Waals surface area contributed by atoms with E-state index in [1.807, 2.05) is 44.2 Å². The maximum Gasteiger partial charge on any atom is 0.597 e. The predicted octanol–water partition coefficient (Wildman–Crippen LogP) is 5.37. The van der Waals surface area contributed by atoms with Crippen LogP contribution in [0.4, 0.5) is 4.79 Å². The SMILES string of the molecule is CC(C)OC1CC=C(c2nnc(-c3cccc4c3CCC4C=[N+](CC(=O)O)C(=O)OC(C)(C)C)s2)C=C1C#N. The number of amides is 1. The van der Waals surface area contributed by atoms with Crippen molar-refractivity contribution in [3.05, 3.63) is 52.1 Å². The highest BCUT2D eigenvalue weighted by molar-refractivity contribution is 7.15. The number of ether oxygens (including phenoxy) is 2. The average Bonchev–Trinajstić information content (AvgIpc) is 3.50. The molecule has 2 unspecified atom stereocenters. The molecule has 0 bridgehead atoms. The Bertz CT molecular complexity index is 1410. The number of aliphatic carboxylic acids is 1. The number of carbonyl (C=O) groups is 2. The van der Waals surface area contributed by atoms with E-state index >= 15 is 0 Å². The van der Waals surface area contributed by atoms with Crippen molar-refractivity contribution < 1.29 is 28.7 Å². The third-order valence-electron chi connectivity index (χ3n) is 6.29. The van der Waals surface area contributed by atoms with E-state index in [-0.39, 0.29) is 18.1 Å². The van der Waals surface area contributed by atoms with E-state index in [4.69, 9.17) is 9.47 Å². The van der Waals surface area contributed by atoms with E-state index in [0.717, 1.165) is 49.7 Å². The zero-order chi connectivity index (χ0) is 28.3. The van der Waals surface area contributed by atoms with Crippen LogP contribution in [0.1, 0.15) is 69.5 Å². The van der Waals surface area contributed by atoms with Gasteiger partial charge >= 0.3 is 12.1 Å². The maximum absolute atomic E-state index is 12.7. The number of rotatable bonds is 7. The monoisotopic (exact) mass is 549 g/mol. The summed E-state index contributed by atoms with van der Waals surface area (Å²) in [5.74, 6) is -1.25. The fourth-order valence-electron chi connectivity index (χ4n) is 4.74. The van der Waals surface area contributed by atoms with Gasteiger partial charge in [0.1, 0.15) is 15.6 Å². The largest absolute Gasteiger partial charge is 0.597 e. The van der Waals surface area contributed by atoms with Crippen molar-refractivity contribution in [3.8, 4) is 16.6 Å². The molecule has 0 saturated heterocycles. The summed E-state index contributed by atoms with van der Waals surface area (Å²) in [6.45, 7) is 8.66. The van der Waals surface area contributed by atoms with Gasteiger partial charge in [-0.1, -0.05) is 35.6 Å². The van der Waals surface area contributed by atoms with Crippen molar-refractivity contribution in [3.63, 3.8) is 0 Å². The lowest BCUT2D eigenvalue weighted by atomic mass is 9.97. The van der Waals surface area contributed by atoms with Crippen LogP contribution in [0.5, 0.6) is 0 Å². The molecule has 4 rings (SSSR count). The number of hydrogen-bond acceptors (Lipinski definition) is 8. The first-order valence-electron chi connectivity index (χ1n) is 12.9. The van der Waals surface area contributed by atoms with Gasteiger partial charge in [-0.05, 0) is 71.1 Å². The first kappa shape index (κ1) is 28.3. The van der Waals surface area contributed by atoms with E-state index < -0.39 is 24.2 Å². The molecule has 2 aromatic rings. The summed E-state index contributed by atoms with van der Waals surface area (Å²) in [4.78, 5) is 24.2. The van der Waals surface area contributed by atoms with E-state index in [9.17, 15) is 20.0 Å². The Labute approximate surface area is 232 Å². The first-order chi connectivity index (χ1) is 18.4. The van der Waals surface area contributed by atoms with Gasteiger partial charge in [-0.2, -0.15) is 10.1 Å². The van der Waals surface area contributed by atoms with Crippen LogP contribution in [0.25, 0.3) is 16.1 Å². The summed E-state index contributed by atoms with van der Waals surface area (Å²) in [5.41, 5.74) is 3.80. The van der Waals surface area contributed by atoms with Gasteiger partial charge in [-0.25, -0.2) is 4.79 Å². The normalized spacial score (nSPS) is 19.3. The fraction of sp³-hybridized carbons (Fsp3) is 0.448. The second-order valence-electron chi connectivity index (χ2n) is 10.9. The zero-order valence-electron chi connectivity index (χ0n) is 22.8. The Morgan fingerprint density at radius 2 is 2.03 bits per heavy atom. The lowest BCUT2D eigenvalue weighted by molar-refractivity contribution is -0.439. The molecule has 0 saturated carbocycles. The molecule has 39 heavy (non-hydrogen) atoms. The van der Waals surface area contributed by atoms with Gasteiger partial charge < -0.3 is 14.6 Å². The summed E-state index contributed by atoms with van der Waals surface area (Å²) >= 11 is 1.46. The fourth-order valence-corrected chi connectivity index (χ4v) is 5.65. The highest BCUT2D eigenvalue weighted by atomic mass is 32.1. The van der Waals surface area contributed by atoms with Crippen LogP contribution in [-0.2, 0) is 20.7 Å². The topological polar surface area (TPSA) is 125 Å². The Hall–Kier alpha value is -3.68. The molecule has 0 radical (unpaired) electrons. The second kappa shape index (κ2) is 11.6. The third-order valence-corrected chi connectivity index (χ3v) is 7.29. The summed E-state index contributed by atoms with van der Waals surface area (Å²) in [5, 5.41) is 29.4. The Morgan fingerprint density at radius 3 is 2.69 bits per heavy atom.